The van der Waals surface area contributed by atoms with Crippen molar-refractivity contribution in [2.24, 2.45) is 5.92 Å². The summed E-state index contributed by atoms with van der Waals surface area (Å²) in [5.41, 5.74) is 0. The van der Waals surface area contributed by atoms with E-state index in [4.69, 9.17) is 9.47 Å². The highest BCUT2D eigenvalue weighted by molar-refractivity contribution is 5.70. The molecule has 0 heterocycles. The third kappa shape index (κ3) is 38.0. The summed E-state index contributed by atoms with van der Waals surface area (Å²) >= 11 is 0. The molecule has 6 heteroatoms. The molecule has 0 fully saturated rings. The van der Waals surface area contributed by atoms with Crippen LogP contribution in [-0.2, 0) is 19.1 Å². The Bertz CT molecular complexity index is 942. The molecule has 0 aromatic heterocycles. The molecule has 0 aliphatic rings. The molecule has 0 saturated heterocycles. The first-order chi connectivity index (χ1) is 23.8. The standard InChI is InChI=1S/C43H72O6/c1-4-5-6-7-23-28-33-40(44)34-29-24-19-15-12-13-17-21-26-31-36-43(47)49-38-41(45)37-48-42(46)35-30-25-20-16-11-9-8-10-14-18-22-27-32-39(2)3/h5-6,12-13,19,21,23-24,26,28-29,34,39-41,44-45H,4,7-11,14-18,20,22,25,27,30-33,35-38H2,1-3H3/b6-5-,13-12-,24-19-,26-21-,28-23-,34-29+/t40?,41-/m1/s1. The van der Waals surface area contributed by atoms with Crippen molar-refractivity contribution in [2.45, 2.75) is 168 Å². The van der Waals surface area contributed by atoms with E-state index in [0.717, 1.165) is 50.9 Å². The molecule has 0 radical (unpaired) electrons. The van der Waals surface area contributed by atoms with Crippen molar-refractivity contribution >= 4 is 11.9 Å². The Morgan fingerprint density at radius 1 is 0.571 bits per heavy atom. The Kier molecular flexibility index (Phi) is 34.6. The second-order valence-corrected chi connectivity index (χ2v) is 13.4. The molecule has 0 rings (SSSR count). The van der Waals surface area contributed by atoms with Crippen molar-refractivity contribution in [1.29, 1.82) is 0 Å². The second-order valence-electron chi connectivity index (χ2n) is 13.4. The minimum Gasteiger partial charge on any atom is -0.463 e. The molecule has 0 amide bonds. The fourth-order valence-corrected chi connectivity index (χ4v) is 5.03. The zero-order valence-corrected chi connectivity index (χ0v) is 31.5. The summed E-state index contributed by atoms with van der Waals surface area (Å²) in [6.07, 6.45) is 44.2. The molecular weight excluding hydrogens is 612 g/mol. The van der Waals surface area contributed by atoms with Crippen LogP contribution in [0, 0.1) is 5.92 Å². The largest absolute Gasteiger partial charge is 0.463 e. The normalized spacial score (nSPS) is 13.8. The molecule has 6 nitrogen and oxygen atoms in total. The van der Waals surface area contributed by atoms with Gasteiger partial charge in [0.15, 0.2) is 0 Å². The van der Waals surface area contributed by atoms with Crippen molar-refractivity contribution in [1.82, 2.24) is 0 Å². The number of ether oxygens (including phenoxy) is 2. The third-order valence-corrected chi connectivity index (χ3v) is 7.98. The molecule has 0 aromatic rings. The van der Waals surface area contributed by atoms with Crippen LogP contribution in [0.4, 0.5) is 0 Å². The van der Waals surface area contributed by atoms with Gasteiger partial charge in [0.2, 0.25) is 0 Å². The molecule has 280 valence electrons. The summed E-state index contributed by atoms with van der Waals surface area (Å²) < 4.78 is 10.3. The molecule has 0 aromatic carbocycles. The summed E-state index contributed by atoms with van der Waals surface area (Å²) in [5.74, 6) is 0.140. The van der Waals surface area contributed by atoms with Crippen molar-refractivity contribution < 1.29 is 29.3 Å². The molecule has 0 aliphatic carbocycles. The maximum absolute atomic E-state index is 12.0. The lowest BCUT2D eigenvalue weighted by Gasteiger charge is -2.12. The summed E-state index contributed by atoms with van der Waals surface area (Å²) in [4.78, 5) is 23.9. The Morgan fingerprint density at radius 3 is 1.65 bits per heavy atom. The van der Waals surface area contributed by atoms with E-state index in [1.807, 2.05) is 36.5 Å². The molecular formula is C43H72O6. The van der Waals surface area contributed by atoms with Crippen molar-refractivity contribution in [3.8, 4) is 0 Å². The monoisotopic (exact) mass is 685 g/mol. The Labute approximate surface area is 300 Å². The van der Waals surface area contributed by atoms with Gasteiger partial charge in [-0.05, 0) is 50.9 Å². The van der Waals surface area contributed by atoms with Crippen molar-refractivity contribution in [3.05, 3.63) is 72.9 Å². The fraction of sp³-hybridized carbons (Fsp3) is 0.674. The topological polar surface area (TPSA) is 93.1 Å². The van der Waals surface area contributed by atoms with Crippen LogP contribution in [0.15, 0.2) is 72.9 Å². The van der Waals surface area contributed by atoms with Crippen LogP contribution < -0.4 is 0 Å². The van der Waals surface area contributed by atoms with Gasteiger partial charge in [-0.25, -0.2) is 0 Å². The smallest absolute Gasteiger partial charge is 0.306 e. The average molecular weight is 685 g/mol. The number of allylic oxidation sites excluding steroid dienone is 10. The van der Waals surface area contributed by atoms with E-state index < -0.39 is 12.2 Å². The van der Waals surface area contributed by atoms with Crippen LogP contribution in [-0.4, -0.2) is 47.6 Å². The van der Waals surface area contributed by atoms with E-state index >= 15 is 0 Å². The molecule has 49 heavy (non-hydrogen) atoms. The highest BCUT2D eigenvalue weighted by Crippen LogP contribution is 2.14. The maximum atomic E-state index is 12.0. The number of carbonyl (C=O) groups is 2. The quantitative estimate of drug-likeness (QED) is 0.0309. The van der Waals surface area contributed by atoms with Crippen LogP contribution in [0.2, 0.25) is 0 Å². The van der Waals surface area contributed by atoms with Gasteiger partial charge < -0.3 is 19.7 Å². The van der Waals surface area contributed by atoms with Crippen LogP contribution in [0.1, 0.15) is 156 Å². The second kappa shape index (κ2) is 36.6. The van der Waals surface area contributed by atoms with Gasteiger partial charge in [-0.2, -0.15) is 0 Å². The highest BCUT2D eigenvalue weighted by Gasteiger charge is 2.11. The van der Waals surface area contributed by atoms with Gasteiger partial charge in [-0.3, -0.25) is 9.59 Å². The molecule has 0 spiro atoms. The minimum atomic E-state index is -1.01. The van der Waals surface area contributed by atoms with Crippen LogP contribution in [0.3, 0.4) is 0 Å². The van der Waals surface area contributed by atoms with Gasteiger partial charge in [-0.1, -0.05) is 171 Å². The number of hydrogen-bond acceptors (Lipinski definition) is 6. The van der Waals surface area contributed by atoms with Gasteiger partial charge in [0.1, 0.15) is 19.3 Å². The lowest BCUT2D eigenvalue weighted by molar-refractivity contribution is -0.152. The first-order valence-electron chi connectivity index (χ1n) is 19.5. The van der Waals surface area contributed by atoms with Gasteiger partial charge in [-0.15, -0.1) is 0 Å². The number of carbonyl (C=O) groups excluding carboxylic acids is 2. The number of hydrogen-bond donors (Lipinski definition) is 2. The average Bonchev–Trinajstić information content (AvgIpc) is 3.08. The zero-order chi connectivity index (χ0) is 36.0. The SMILES string of the molecule is CC/C=C\C/C=C\CC(O)/C=C/C=C\C/C=C\C/C=C\CCC(=O)OC[C@H](O)COC(=O)CCCCCCCCCCCCCCC(C)C. The summed E-state index contributed by atoms with van der Waals surface area (Å²) in [5, 5.41) is 19.9. The van der Waals surface area contributed by atoms with E-state index in [2.05, 4.69) is 51.2 Å². The van der Waals surface area contributed by atoms with E-state index in [1.165, 1.54) is 64.2 Å². The molecule has 0 saturated carbocycles. The third-order valence-electron chi connectivity index (χ3n) is 7.98. The van der Waals surface area contributed by atoms with Crippen molar-refractivity contribution in [3.63, 3.8) is 0 Å². The van der Waals surface area contributed by atoms with Gasteiger partial charge >= 0.3 is 11.9 Å². The lowest BCUT2D eigenvalue weighted by Crippen LogP contribution is -2.25. The number of esters is 2. The summed E-state index contributed by atoms with van der Waals surface area (Å²) in [6, 6.07) is 0. The van der Waals surface area contributed by atoms with Gasteiger partial charge in [0, 0.05) is 12.8 Å². The zero-order valence-electron chi connectivity index (χ0n) is 31.5. The van der Waals surface area contributed by atoms with Crippen LogP contribution >= 0.6 is 0 Å². The molecule has 2 N–H and O–H groups in total. The first kappa shape index (κ1) is 46.3. The van der Waals surface area contributed by atoms with E-state index in [-0.39, 0.29) is 31.6 Å². The molecule has 0 aliphatic heterocycles. The summed E-state index contributed by atoms with van der Waals surface area (Å²) in [6.45, 7) is 6.38. The number of aliphatic hydroxyl groups excluding tert-OH is 2. The first-order valence-corrected chi connectivity index (χ1v) is 19.5. The molecule has 1 unspecified atom stereocenters. The van der Waals surface area contributed by atoms with Crippen LogP contribution in [0.25, 0.3) is 0 Å². The van der Waals surface area contributed by atoms with Gasteiger partial charge in [0.05, 0.1) is 6.10 Å². The summed E-state index contributed by atoms with van der Waals surface area (Å²) in [7, 11) is 0. The van der Waals surface area contributed by atoms with E-state index in [0.29, 0.717) is 19.3 Å². The number of unbranched alkanes of at least 4 members (excludes halogenated alkanes) is 11. The number of rotatable bonds is 33. The number of aliphatic hydroxyl groups is 2. The van der Waals surface area contributed by atoms with Crippen molar-refractivity contribution in [2.75, 3.05) is 13.2 Å². The van der Waals surface area contributed by atoms with E-state index in [1.54, 1.807) is 6.08 Å². The maximum Gasteiger partial charge on any atom is 0.306 e. The highest BCUT2D eigenvalue weighted by atomic mass is 16.6. The molecule has 2 atom stereocenters. The predicted molar refractivity (Wildman–Crippen MR) is 206 cm³/mol. The van der Waals surface area contributed by atoms with Crippen LogP contribution in [0.5, 0.6) is 0 Å². The minimum absolute atomic E-state index is 0.154. The molecule has 0 bridgehead atoms. The Hall–Kier alpha value is -2.70. The van der Waals surface area contributed by atoms with Gasteiger partial charge in [0.25, 0.3) is 0 Å². The lowest BCUT2D eigenvalue weighted by atomic mass is 10.0. The Balaban J connectivity index is 3.65. The van der Waals surface area contributed by atoms with E-state index in [9.17, 15) is 19.8 Å². The fourth-order valence-electron chi connectivity index (χ4n) is 5.03. The Morgan fingerprint density at radius 2 is 1.06 bits per heavy atom. The predicted octanol–water partition coefficient (Wildman–Crippen LogP) is 11.0.